The van der Waals surface area contributed by atoms with Gasteiger partial charge in [0.1, 0.15) is 11.6 Å². The quantitative estimate of drug-likeness (QED) is 0.553. The number of benzene rings is 1. The van der Waals surface area contributed by atoms with E-state index in [4.69, 9.17) is 4.74 Å². The van der Waals surface area contributed by atoms with Gasteiger partial charge in [-0.1, -0.05) is 6.07 Å². The maximum absolute atomic E-state index is 12.6. The molecular weight excluding hydrogens is 143 g/mol. The van der Waals surface area contributed by atoms with Gasteiger partial charge in [-0.2, -0.15) is 0 Å². The van der Waals surface area contributed by atoms with Crippen LogP contribution in [0.15, 0.2) is 18.2 Å². The van der Waals surface area contributed by atoms with Gasteiger partial charge in [0.25, 0.3) is 0 Å². The standard InChI is InChI=1S/C9H9FO/c10-8-4-3-7-2-1-5-11-9(7)6-8/h3-4,6H,1-2,5H2. The third-order valence-electron chi connectivity index (χ3n) is 1.88. The van der Waals surface area contributed by atoms with Crippen molar-refractivity contribution in [2.24, 2.45) is 0 Å². The van der Waals surface area contributed by atoms with Gasteiger partial charge >= 0.3 is 0 Å². The summed E-state index contributed by atoms with van der Waals surface area (Å²) in [4.78, 5) is 0. The summed E-state index contributed by atoms with van der Waals surface area (Å²) in [5.41, 5.74) is 1.12. The van der Waals surface area contributed by atoms with E-state index in [1.54, 1.807) is 6.07 Å². The second-order valence-electron chi connectivity index (χ2n) is 2.70. The SMILES string of the molecule is Fc1ccc2c(c1)OCCC2. The Morgan fingerprint density at radius 2 is 2.27 bits per heavy atom. The van der Waals surface area contributed by atoms with Gasteiger partial charge in [-0.25, -0.2) is 4.39 Å². The van der Waals surface area contributed by atoms with E-state index >= 15 is 0 Å². The van der Waals surface area contributed by atoms with Crippen molar-refractivity contribution in [3.8, 4) is 5.75 Å². The van der Waals surface area contributed by atoms with Crippen molar-refractivity contribution in [3.63, 3.8) is 0 Å². The molecule has 0 amide bonds. The topological polar surface area (TPSA) is 9.23 Å². The van der Waals surface area contributed by atoms with Gasteiger partial charge in [-0.3, -0.25) is 0 Å². The molecule has 0 aliphatic carbocycles. The van der Waals surface area contributed by atoms with Crippen LogP contribution in [-0.4, -0.2) is 6.61 Å². The molecule has 0 aromatic heterocycles. The minimum Gasteiger partial charge on any atom is -0.493 e. The number of aryl methyl sites for hydroxylation is 1. The summed E-state index contributed by atoms with van der Waals surface area (Å²) in [6, 6.07) is 4.73. The van der Waals surface area contributed by atoms with E-state index in [1.807, 2.05) is 0 Å². The molecule has 0 fully saturated rings. The molecule has 2 rings (SSSR count). The monoisotopic (exact) mass is 152 g/mol. The molecule has 0 atom stereocenters. The zero-order valence-electron chi connectivity index (χ0n) is 6.14. The number of fused-ring (bicyclic) bond motifs is 1. The molecule has 0 radical (unpaired) electrons. The Balaban J connectivity index is 2.43. The zero-order chi connectivity index (χ0) is 7.68. The fraction of sp³-hybridized carbons (Fsp3) is 0.333. The Hall–Kier alpha value is -1.05. The Kier molecular flexibility index (Phi) is 1.53. The summed E-state index contributed by atoms with van der Waals surface area (Å²) in [6.07, 6.45) is 2.05. The molecule has 11 heavy (non-hydrogen) atoms. The molecule has 1 aliphatic rings. The first kappa shape index (κ1) is 6.65. The minimum absolute atomic E-state index is 0.217. The highest BCUT2D eigenvalue weighted by Gasteiger charge is 2.09. The fourth-order valence-electron chi connectivity index (χ4n) is 1.31. The molecular formula is C9H9FO. The fourth-order valence-corrected chi connectivity index (χ4v) is 1.31. The number of hydrogen-bond donors (Lipinski definition) is 0. The molecule has 58 valence electrons. The predicted molar refractivity (Wildman–Crippen MR) is 40.2 cm³/mol. The van der Waals surface area contributed by atoms with Crippen molar-refractivity contribution in [2.45, 2.75) is 12.8 Å². The summed E-state index contributed by atoms with van der Waals surface area (Å²) >= 11 is 0. The Morgan fingerprint density at radius 1 is 1.36 bits per heavy atom. The van der Waals surface area contributed by atoms with Gasteiger partial charge < -0.3 is 4.74 Å². The first-order valence-corrected chi connectivity index (χ1v) is 3.77. The van der Waals surface area contributed by atoms with E-state index in [-0.39, 0.29) is 5.82 Å². The van der Waals surface area contributed by atoms with Crippen molar-refractivity contribution in [1.82, 2.24) is 0 Å². The van der Waals surface area contributed by atoms with Crippen LogP contribution in [0.2, 0.25) is 0 Å². The molecule has 1 aliphatic heterocycles. The largest absolute Gasteiger partial charge is 0.493 e. The van der Waals surface area contributed by atoms with E-state index in [1.165, 1.54) is 12.1 Å². The summed E-state index contributed by atoms with van der Waals surface area (Å²) in [5.74, 6) is 0.502. The van der Waals surface area contributed by atoms with Crippen LogP contribution in [-0.2, 0) is 6.42 Å². The molecule has 0 saturated heterocycles. The average Bonchev–Trinajstić information content (AvgIpc) is 2.04. The van der Waals surface area contributed by atoms with Gasteiger partial charge in [0, 0.05) is 6.07 Å². The van der Waals surface area contributed by atoms with Gasteiger partial charge in [-0.15, -0.1) is 0 Å². The van der Waals surface area contributed by atoms with Crippen molar-refractivity contribution in [3.05, 3.63) is 29.6 Å². The van der Waals surface area contributed by atoms with Crippen LogP contribution in [0, 0.1) is 5.82 Å². The second kappa shape index (κ2) is 2.53. The van der Waals surface area contributed by atoms with Crippen LogP contribution in [0.1, 0.15) is 12.0 Å². The Bertz CT molecular complexity index is 270. The molecule has 1 aromatic carbocycles. The molecule has 0 bridgehead atoms. The van der Waals surface area contributed by atoms with Crippen LogP contribution in [0.3, 0.4) is 0 Å². The van der Waals surface area contributed by atoms with E-state index in [2.05, 4.69) is 0 Å². The number of rotatable bonds is 0. The van der Waals surface area contributed by atoms with Crippen molar-refractivity contribution < 1.29 is 9.13 Å². The number of hydrogen-bond acceptors (Lipinski definition) is 1. The lowest BCUT2D eigenvalue weighted by Gasteiger charge is -2.16. The highest BCUT2D eigenvalue weighted by molar-refractivity contribution is 5.35. The summed E-state index contributed by atoms with van der Waals surface area (Å²) < 4.78 is 17.9. The molecule has 1 aromatic rings. The maximum atomic E-state index is 12.6. The average molecular weight is 152 g/mol. The Labute approximate surface area is 64.8 Å². The summed E-state index contributed by atoms with van der Waals surface area (Å²) in [5, 5.41) is 0. The third kappa shape index (κ3) is 1.20. The van der Waals surface area contributed by atoms with Crippen LogP contribution in [0.5, 0.6) is 5.75 Å². The van der Waals surface area contributed by atoms with Crippen LogP contribution in [0.4, 0.5) is 4.39 Å². The lowest BCUT2D eigenvalue weighted by molar-refractivity contribution is 0.286. The van der Waals surface area contributed by atoms with E-state index < -0.39 is 0 Å². The van der Waals surface area contributed by atoms with Gasteiger partial charge in [0.05, 0.1) is 6.61 Å². The lowest BCUT2D eigenvalue weighted by Crippen LogP contribution is -2.08. The smallest absolute Gasteiger partial charge is 0.126 e. The lowest BCUT2D eigenvalue weighted by atomic mass is 10.1. The first-order chi connectivity index (χ1) is 5.36. The van der Waals surface area contributed by atoms with Gasteiger partial charge in [-0.05, 0) is 24.5 Å². The summed E-state index contributed by atoms with van der Waals surface area (Å²) in [6.45, 7) is 0.719. The summed E-state index contributed by atoms with van der Waals surface area (Å²) in [7, 11) is 0. The maximum Gasteiger partial charge on any atom is 0.126 e. The van der Waals surface area contributed by atoms with Gasteiger partial charge in [0.2, 0.25) is 0 Å². The van der Waals surface area contributed by atoms with Crippen LogP contribution >= 0.6 is 0 Å². The van der Waals surface area contributed by atoms with E-state index in [0.29, 0.717) is 0 Å². The van der Waals surface area contributed by atoms with Crippen molar-refractivity contribution >= 4 is 0 Å². The Morgan fingerprint density at radius 3 is 3.18 bits per heavy atom. The predicted octanol–water partition coefficient (Wildman–Crippen LogP) is 2.15. The normalized spacial score (nSPS) is 15.4. The van der Waals surface area contributed by atoms with Crippen molar-refractivity contribution in [2.75, 3.05) is 6.61 Å². The molecule has 2 heteroatoms. The highest BCUT2D eigenvalue weighted by atomic mass is 19.1. The number of halogens is 1. The molecule has 0 spiro atoms. The van der Waals surface area contributed by atoms with Crippen LogP contribution < -0.4 is 4.74 Å². The minimum atomic E-state index is -0.217. The molecule has 1 nitrogen and oxygen atoms in total. The van der Waals surface area contributed by atoms with E-state index in [9.17, 15) is 4.39 Å². The second-order valence-corrected chi connectivity index (χ2v) is 2.70. The molecule has 0 unspecified atom stereocenters. The molecule has 1 heterocycles. The van der Waals surface area contributed by atoms with Crippen LogP contribution in [0.25, 0.3) is 0 Å². The van der Waals surface area contributed by atoms with Crippen molar-refractivity contribution in [1.29, 1.82) is 0 Å². The zero-order valence-corrected chi connectivity index (χ0v) is 6.14. The third-order valence-corrected chi connectivity index (χ3v) is 1.88. The van der Waals surface area contributed by atoms with E-state index in [0.717, 1.165) is 30.8 Å². The highest BCUT2D eigenvalue weighted by Crippen LogP contribution is 2.24. The van der Waals surface area contributed by atoms with Gasteiger partial charge in [0.15, 0.2) is 0 Å². The molecule has 0 saturated carbocycles. The first-order valence-electron chi connectivity index (χ1n) is 3.77. The molecule has 0 N–H and O–H groups in total. The number of ether oxygens (including phenoxy) is 1.